The molecule has 88 valence electrons. The van der Waals surface area contributed by atoms with Gasteiger partial charge in [-0.3, -0.25) is 10.2 Å². The molecule has 0 spiro atoms. The molecule has 0 unspecified atom stereocenters. The second-order valence-corrected chi connectivity index (χ2v) is 3.77. The Bertz CT molecular complexity index is 345. The Hall–Kier alpha value is -1.26. The van der Waals surface area contributed by atoms with E-state index in [1.54, 1.807) is 12.1 Å². The van der Waals surface area contributed by atoms with E-state index in [0.29, 0.717) is 18.1 Å². The second-order valence-electron chi connectivity index (χ2n) is 3.33. The maximum Gasteiger partial charge on any atom is 0.233 e. The van der Waals surface area contributed by atoms with Gasteiger partial charge in [-0.15, -0.1) is 0 Å². The van der Waals surface area contributed by atoms with Crippen LogP contribution in [0.2, 0.25) is 5.02 Å². The van der Waals surface area contributed by atoms with Crippen LogP contribution in [0.3, 0.4) is 0 Å². The Morgan fingerprint density at radius 1 is 1.44 bits per heavy atom. The standard InChI is InChI=1S/C11H15ClN2O2/c12-9-4-3-5-10(8-9)16-7-2-1-6-11(15)14-13/h3-5,8H,1-2,6-7,13H2,(H,14,15). The van der Waals surface area contributed by atoms with Gasteiger partial charge >= 0.3 is 0 Å². The highest BCUT2D eigenvalue weighted by Gasteiger charge is 1.98. The van der Waals surface area contributed by atoms with Crippen LogP contribution in [0.4, 0.5) is 0 Å². The molecule has 1 aromatic rings. The summed E-state index contributed by atoms with van der Waals surface area (Å²) in [5.74, 6) is 5.54. The fourth-order valence-corrected chi connectivity index (χ4v) is 1.39. The average Bonchev–Trinajstić information content (AvgIpc) is 2.28. The van der Waals surface area contributed by atoms with Crippen LogP contribution in [-0.4, -0.2) is 12.5 Å². The summed E-state index contributed by atoms with van der Waals surface area (Å²) in [4.78, 5) is 10.8. The van der Waals surface area contributed by atoms with Crippen molar-refractivity contribution in [3.8, 4) is 5.75 Å². The molecular formula is C11H15ClN2O2. The van der Waals surface area contributed by atoms with Gasteiger partial charge in [0, 0.05) is 11.4 Å². The first-order valence-electron chi connectivity index (χ1n) is 5.10. The third-order valence-corrected chi connectivity index (χ3v) is 2.26. The lowest BCUT2D eigenvalue weighted by molar-refractivity contribution is -0.121. The number of hydrogen-bond donors (Lipinski definition) is 2. The summed E-state index contributed by atoms with van der Waals surface area (Å²) >= 11 is 5.80. The van der Waals surface area contributed by atoms with Crippen molar-refractivity contribution in [2.24, 2.45) is 5.84 Å². The monoisotopic (exact) mass is 242 g/mol. The summed E-state index contributed by atoms with van der Waals surface area (Å²) in [5.41, 5.74) is 2.08. The quantitative estimate of drug-likeness (QED) is 0.347. The first-order chi connectivity index (χ1) is 7.72. The van der Waals surface area contributed by atoms with Gasteiger partial charge in [0.2, 0.25) is 5.91 Å². The zero-order valence-electron chi connectivity index (χ0n) is 8.91. The second kappa shape index (κ2) is 7.09. The van der Waals surface area contributed by atoms with Crippen LogP contribution in [0.25, 0.3) is 0 Å². The third-order valence-electron chi connectivity index (χ3n) is 2.02. The van der Waals surface area contributed by atoms with Crippen molar-refractivity contribution in [1.82, 2.24) is 5.43 Å². The Morgan fingerprint density at radius 3 is 2.94 bits per heavy atom. The lowest BCUT2D eigenvalue weighted by atomic mass is 10.2. The van der Waals surface area contributed by atoms with Gasteiger partial charge in [0.1, 0.15) is 5.75 Å². The van der Waals surface area contributed by atoms with Gasteiger partial charge in [-0.2, -0.15) is 0 Å². The van der Waals surface area contributed by atoms with E-state index >= 15 is 0 Å². The van der Waals surface area contributed by atoms with Gasteiger partial charge in [0.25, 0.3) is 0 Å². The summed E-state index contributed by atoms with van der Waals surface area (Å²) in [6, 6.07) is 7.23. The number of halogens is 1. The van der Waals surface area contributed by atoms with Crippen LogP contribution in [0.15, 0.2) is 24.3 Å². The molecule has 3 N–H and O–H groups in total. The zero-order valence-corrected chi connectivity index (χ0v) is 9.67. The van der Waals surface area contributed by atoms with Gasteiger partial charge in [0.15, 0.2) is 0 Å². The van der Waals surface area contributed by atoms with E-state index < -0.39 is 0 Å². The maximum atomic E-state index is 10.8. The molecule has 4 nitrogen and oxygen atoms in total. The fraction of sp³-hybridized carbons (Fsp3) is 0.364. The Balaban J connectivity index is 2.14. The van der Waals surface area contributed by atoms with Crippen LogP contribution in [-0.2, 0) is 4.79 Å². The molecular weight excluding hydrogens is 228 g/mol. The Kier molecular flexibility index (Phi) is 5.67. The van der Waals surface area contributed by atoms with Crippen LogP contribution in [0, 0.1) is 0 Å². The van der Waals surface area contributed by atoms with E-state index in [9.17, 15) is 4.79 Å². The molecule has 0 atom stereocenters. The molecule has 0 heterocycles. The largest absolute Gasteiger partial charge is 0.494 e. The molecule has 0 bridgehead atoms. The maximum absolute atomic E-state index is 10.8. The SMILES string of the molecule is NNC(=O)CCCCOc1cccc(Cl)c1. The molecule has 5 heteroatoms. The first-order valence-corrected chi connectivity index (χ1v) is 5.48. The van der Waals surface area contributed by atoms with E-state index in [-0.39, 0.29) is 5.91 Å². The zero-order chi connectivity index (χ0) is 11.8. The number of nitrogens with two attached hydrogens (primary N) is 1. The van der Waals surface area contributed by atoms with E-state index in [0.717, 1.165) is 18.6 Å². The number of carbonyl (C=O) groups is 1. The van der Waals surface area contributed by atoms with Gasteiger partial charge < -0.3 is 4.74 Å². The molecule has 1 rings (SSSR count). The highest BCUT2D eigenvalue weighted by atomic mass is 35.5. The van der Waals surface area contributed by atoms with E-state index in [1.807, 2.05) is 12.1 Å². The van der Waals surface area contributed by atoms with Crippen molar-refractivity contribution >= 4 is 17.5 Å². The molecule has 1 amide bonds. The number of nitrogens with one attached hydrogen (secondary N) is 1. The minimum Gasteiger partial charge on any atom is -0.494 e. The van der Waals surface area contributed by atoms with Crippen LogP contribution in [0.5, 0.6) is 5.75 Å². The van der Waals surface area contributed by atoms with Crippen LogP contribution < -0.4 is 16.0 Å². The number of rotatable bonds is 6. The summed E-state index contributed by atoms with van der Waals surface area (Å²) in [7, 11) is 0. The third kappa shape index (κ3) is 5.00. The van der Waals surface area contributed by atoms with Crippen molar-refractivity contribution in [2.75, 3.05) is 6.61 Å². The molecule has 0 aliphatic heterocycles. The lowest BCUT2D eigenvalue weighted by Crippen LogP contribution is -2.29. The van der Waals surface area contributed by atoms with E-state index in [1.165, 1.54) is 0 Å². The predicted octanol–water partition coefficient (Wildman–Crippen LogP) is 1.88. The van der Waals surface area contributed by atoms with Crippen LogP contribution in [0.1, 0.15) is 19.3 Å². The molecule has 0 fully saturated rings. The van der Waals surface area contributed by atoms with Crippen molar-refractivity contribution in [3.05, 3.63) is 29.3 Å². The normalized spacial score (nSPS) is 9.88. The summed E-state index contributed by atoms with van der Waals surface area (Å²) in [6.07, 6.45) is 1.99. The van der Waals surface area contributed by atoms with Crippen molar-refractivity contribution < 1.29 is 9.53 Å². The van der Waals surface area contributed by atoms with E-state index in [2.05, 4.69) is 5.43 Å². The number of unbranched alkanes of at least 4 members (excludes halogenated alkanes) is 1. The van der Waals surface area contributed by atoms with Crippen molar-refractivity contribution in [1.29, 1.82) is 0 Å². The van der Waals surface area contributed by atoms with Crippen molar-refractivity contribution in [2.45, 2.75) is 19.3 Å². The number of ether oxygens (including phenoxy) is 1. The number of amides is 1. The highest BCUT2D eigenvalue weighted by molar-refractivity contribution is 6.30. The fourth-order valence-electron chi connectivity index (χ4n) is 1.21. The van der Waals surface area contributed by atoms with Crippen LogP contribution >= 0.6 is 11.6 Å². The van der Waals surface area contributed by atoms with Gasteiger partial charge in [-0.25, -0.2) is 5.84 Å². The number of carbonyl (C=O) groups excluding carboxylic acids is 1. The number of hydrazine groups is 1. The summed E-state index contributed by atoms with van der Waals surface area (Å²) in [6.45, 7) is 0.568. The Labute approximate surface area is 99.7 Å². The first kappa shape index (κ1) is 12.8. The van der Waals surface area contributed by atoms with E-state index in [4.69, 9.17) is 22.2 Å². The summed E-state index contributed by atoms with van der Waals surface area (Å²) in [5, 5.41) is 0.653. The molecule has 0 aliphatic carbocycles. The molecule has 1 aromatic carbocycles. The molecule has 0 saturated heterocycles. The number of benzene rings is 1. The smallest absolute Gasteiger partial charge is 0.233 e. The molecule has 0 saturated carbocycles. The predicted molar refractivity (Wildman–Crippen MR) is 63.1 cm³/mol. The highest BCUT2D eigenvalue weighted by Crippen LogP contribution is 2.17. The van der Waals surface area contributed by atoms with Gasteiger partial charge in [-0.05, 0) is 31.0 Å². The lowest BCUT2D eigenvalue weighted by Gasteiger charge is -2.05. The van der Waals surface area contributed by atoms with Crippen molar-refractivity contribution in [3.63, 3.8) is 0 Å². The minimum atomic E-state index is -0.150. The topological polar surface area (TPSA) is 64.3 Å². The van der Waals surface area contributed by atoms with Gasteiger partial charge in [0.05, 0.1) is 6.61 Å². The number of hydrogen-bond acceptors (Lipinski definition) is 3. The molecule has 16 heavy (non-hydrogen) atoms. The average molecular weight is 243 g/mol. The minimum absolute atomic E-state index is 0.150. The summed E-state index contributed by atoms with van der Waals surface area (Å²) < 4.78 is 5.45. The van der Waals surface area contributed by atoms with Gasteiger partial charge in [-0.1, -0.05) is 17.7 Å². The Morgan fingerprint density at radius 2 is 2.25 bits per heavy atom. The molecule has 0 radical (unpaired) electrons. The molecule has 0 aromatic heterocycles. The molecule has 0 aliphatic rings.